The molecule has 0 aliphatic rings. The van der Waals surface area contributed by atoms with E-state index in [1.807, 2.05) is 20.8 Å². The minimum absolute atomic E-state index is 0.00499. The van der Waals surface area contributed by atoms with Crippen LogP contribution in [0.15, 0.2) is 18.2 Å². The highest BCUT2D eigenvalue weighted by molar-refractivity contribution is 7.16. The van der Waals surface area contributed by atoms with Crippen LogP contribution in [0.4, 0.5) is 5.13 Å². The van der Waals surface area contributed by atoms with Crippen LogP contribution in [0.1, 0.15) is 29.9 Å². The molecule has 0 radical (unpaired) electrons. The molecular formula is C16H20N2OS. The molecule has 1 N–H and O–H groups in total. The zero-order valence-electron chi connectivity index (χ0n) is 12.6. The number of benzene rings is 1. The number of carbonyl (C=O) groups is 1. The summed E-state index contributed by atoms with van der Waals surface area (Å²) in [6.07, 6.45) is 0. The number of aryl methyl sites for hydroxylation is 3. The number of rotatable bonds is 3. The summed E-state index contributed by atoms with van der Waals surface area (Å²) in [7, 11) is 0. The molecule has 0 atom stereocenters. The predicted octanol–water partition coefficient (Wildman–Crippen LogP) is 4.33. The summed E-state index contributed by atoms with van der Waals surface area (Å²) in [6, 6.07) is 6.33. The average molecular weight is 288 g/mol. The highest BCUT2D eigenvalue weighted by Crippen LogP contribution is 2.31. The molecule has 0 fully saturated rings. The van der Waals surface area contributed by atoms with E-state index in [0.29, 0.717) is 5.13 Å². The summed E-state index contributed by atoms with van der Waals surface area (Å²) in [4.78, 5) is 17.4. The first-order valence-electron chi connectivity index (χ1n) is 6.74. The summed E-state index contributed by atoms with van der Waals surface area (Å²) in [5, 5.41) is 3.54. The topological polar surface area (TPSA) is 42.0 Å². The Morgan fingerprint density at radius 3 is 2.50 bits per heavy atom. The second kappa shape index (κ2) is 5.75. The van der Waals surface area contributed by atoms with Gasteiger partial charge in [0, 0.05) is 16.4 Å². The van der Waals surface area contributed by atoms with Crippen molar-refractivity contribution in [2.75, 3.05) is 5.32 Å². The van der Waals surface area contributed by atoms with E-state index in [9.17, 15) is 4.79 Å². The van der Waals surface area contributed by atoms with Crippen molar-refractivity contribution in [3.8, 4) is 11.3 Å². The number of amides is 1. The van der Waals surface area contributed by atoms with Crippen LogP contribution in [-0.4, -0.2) is 10.9 Å². The second-order valence-electron chi connectivity index (χ2n) is 5.37. The molecule has 0 unspecified atom stereocenters. The van der Waals surface area contributed by atoms with Gasteiger partial charge in [0.2, 0.25) is 5.91 Å². The summed E-state index contributed by atoms with van der Waals surface area (Å²) in [6.45, 7) is 9.98. The normalized spacial score (nSPS) is 10.9. The Balaban J connectivity index is 2.31. The van der Waals surface area contributed by atoms with Gasteiger partial charge in [0.05, 0.1) is 5.69 Å². The van der Waals surface area contributed by atoms with Gasteiger partial charge in [-0.25, -0.2) is 4.98 Å². The fourth-order valence-electron chi connectivity index (χ4n) is 1.86. The fourth-order valence-corrected chi connectivity index (χ4v) is 2.69. The van der Waals surface area contributed by atoms with Gasteiger partial charge in [-0.1, -0.05) is 26.0 Å². The van der Waals surface area contributed by atoms with Crippen LogP contribution < -0.4 is 5.32 Å². The van der Waals surface area contributed by atoms with Gasteiger partial charge < -0.3 is 5.32 Å². The van der Waals surface area contributed by atoms with Crippen molar-refractivity contribution in [3.63, 3.8) is 0 Å². The molecule has 4 heteroatoms. The fraction of sp³-hybridized carbons (Fsp3) is 0.375. The molecule has 0 aliphatic heterocycles. The molecule has 0 saturated heterocycles. The van der Waals surface area contributed by atoms with Gasteiger partial charge in [0.25, 0.3) is 0 Å². The van der Waals surface area contributed by atoms with Crippen molar-refractivity contribution in [3.05, 3.63) is 34.2 Å². The minimum Gasteiger partial charge on any atom is -0.302 e. The number of carbonyl (C=O) groups excluding carboxylic acids is 1. The molecule has 0 spiro atoms. The van der Waals surface area contributed by atoms with Crippen LogP contribution in [-0.2, 0) is 4.79 Å². The van der Waals surface area contributed by atoms with Crippen LogP contribution in [0.5, 0.6) is 0 Å². The van der Waals surface area contributed by atoms with Crippen LogP contribution in [0.3, 0.4) is 0 Å². The Morgan fingerprint density at radius 2 is 1.90 bits per heavy atom. The summed E-state index contributed by atoms with van der Waals surface area (Å²) in [5.74, 6) is -0.0327. The first kappa shape index (κ1) is 14.7. The number of nitrogens with zero attached hydrogens (tertiary/aromatic N) is 1. The standard InChI is InChI=1S/C16H20N2OS/c1-9(2)15(19)18-16-17-14(12(5)20-16)13-7-6-10(3)11(4)8-13/h6-9H,1-5H3,(H,17,18,19). The molecule has 0 saturated carbocycles. The van der Waals surface area contributed by atoms with E-state index in [4.69, 9.17) is 0 Å². The van der Waals surface area contributed by atoms with Crippen molar-refractivity contribution >= 4 is 22.4 Å². The van der Waals surface area contributed by atoms with Gasteiger partial charge in [0.15, 0.2) is 5.13 Å². The SMILES string of the molecule is Cc1ccc(-c2nc(NC(=O)C(C)C)sc2C)cc1C. The maximum Gasteiger partial charge on any atom is 0.228 e. The first-order valence-corrected chi connectivity index (χ1v) is 7.56. The lowest BCUT2D eigenvalue weighted by Gasteiger charge is -2.04. The number of nitrogens with one attached hydrogen (secondary N) is 1. The summed E-state index contributed by atoms with van der Waals surface area (Å²) >= 11 is 1.52. The van der Waals surface area contributed by atoms with Crippen LogP contribution in [0, 0.1) is 26.7 Å². The van der Waals surface area contributed by atoms with Crippen molar-refractivity contribution in [1.82, 2.24) is 4.98 Å². The Bertz CT molecular complexity index is 644. The third kappa shape index (κ3) is 3.07. The zero-order chi connectivity index (χ0) is 14.9. The summed E-state index contributed by atoms with van der Waals surface area (Å²) < 4.78 is 0. The quantitative estimate of drug-likeness (QED) is 0.913. The van der Waals surface area contributed by atoms with Crippen LogP contribution >= 0.6 is 11.3 Å². The Morgan fingerprint density at radius 1 is 1.20 bits per heavy atom. The highest BCUT2D eigenvalue weighted by atomic mass is 32.1. The molecule has 1 heterocycles. The van der Waals surface area contributed by atoms with E-state index >= 15 is 0 Å². The van der Waals surface area contributed by atoms with Crippen molar-refractivity contribution in [1.29, 1.82) is 0 Å². The maximum atomic E-state index is 11.7. The Kier molecular flexibility index (Phi) is 4.23. The average Bonchev–Trinajstić information content (AvgIpc) is 2.73. The number of aromatic nitrogens is 1. The third-order valence-electron chi connectivity index (χ3n) is 3.33. The van der Waals surface area contributed by atoms with Crippen molar-refractivity contribution < 1.29 is 4.79 Å². The monoisotopic (exact) mass is 288 g/mol. The van der Waals surface area contributed by atoms with Gasteiger partial charge in [-0.3, -0.25) is 4.79 Å². The minimum atomic E-state index is -0.0377. The lowest BCUT2D eigenvalue weighted by atomic mass is 10.0. The number of anilines is 1. The van der Waals surface area contributed by atoms with Crippen molar-refractivity contribution in [2.24, 2.45) is 5.92 Å². The maximum absolute atomic E-state index is 11.7. The lowest BCUT2D eigenvalue weighted by molar-refractivity contribution is -0.118. The molecule has 1 aromatic heterocycles. The molecule has 3 nitrogen and oxygen atoms in total. The zero-order valence-corrected chi connectivity index (χ0v) is 13.4. The third-order valence-corrected chi connectivity index (χ3v) is 4.22. The van der Waals surface area contributed by atoms with Crippen LogP contribution in [0.2, 0.25) is 0 Å². The molecular weight excluding hydrogens is 268 g/mol. The number of hydrogen-bond acceptors (Lipinski definition) is 3. The van der Waals surface area contributed by atoms with E-state index in [1.54, 1.807) is 0 Å². The summed E-state index contributed by atoms with van der Waals surface area (Å²) in [5.41, 5.74) is 4.58. The highest BCUT2D eigenvalue weighted by Gasteiger charge is 2.14. The second-order valence-corrected chi connectivity index (χ2v) is 6.57. The predicted molar refractivity (Wildman–Crippen MR) is 85.2 cm³/mol. The molecule has 20 heavy (non-hydrogen) atoms. The molecule has 0 aliphatic carbocycles. The van der Waals surface area contributed by atoms with E-state index in [1.165, 1.54) is 22.5 Å². The van der Waals surface area contributed by atoms with Gasteiger partial charge >= 0.3 is 0 Å². The van der Waals surface area contributed by atoms with Gasteiger partial charge in [-0.2, -0.15) is 0 Å². The van der Waals surface area contributed by atoms with Gasteiger partial charge in [0.1, 0.15) is 0 Å². The molecule has 2 aromatic rings. The lowest BCUT2D eigenvalue weighted by Crippen LogP contribution is -2.17. The Hall–Kier alpha value is -1.68. The largest absolute Gasteiger partial charge is 0.302 e. The van der Waals surface area contributed by atoms with E-state index in [-0.39, 0.29) is 11.8 Å². The van der Waals surface area contributed by atoms with E-state index < -0.39 is 0 Å². The van der Waals surface area contributed by atoms with Crippen molar-refractivity contribution in [2.45, 2.75) is 34.6 Å². The van der Waals surface area contributed by atoms with E-state index in [2.05, 4.69) is 42.3 Å². The molecule has 1 aromatic carbocycles. The van der Waals surface area contributed by atoms with Gasteiger partial charge in [-0.15, -0.1) is 11.3 Å². The Labute approximate surface area is 124 Å². The first-order chi connectivity index (χ1) is 9.38. The van der Waals surface area contributed by atoms with E-state index in [0.717, 1.165) is 16.1 Å². The number of thiazole rings is 1. The molecule has 106 valence electrons. The molecule has 1 amide bonds. The number of hydrogen-bond donors (Lipinski definition) is 1. The van der Waals surface area contributed by atoms with Gasteiger partial charge in [-0.05, 0) is 38.0 Å². The molecule has 2 rings (SSSR count). The smallest absolute Gasteiger partial charge is 0.228 e. The van der Waals surface area contributed by atoms with Crippen LogP contribution in [0.25, 0.3) is 11.3 Å². The molecule has 0 bridgehead atoms.